The van der Waals surface area contributed by atoms with Gasteiger partial charge in [0.2, 0.25) is 0 Å². The molecule has 0 aliphatic heterocycles. The summed E-state index contributed by atoms with van der Waals surface area (Å²) in [7, 11) is 0. The molecule has 1 aromatic carbocycles. The molecule has 0 radical (unpaired) electrons. The molecule has 0 aromatic heterocycles. The van der Waals surface area contributed by atoms with E-state index in [1.54, 1.807) is 0 Å². The summed E-state index contributed by atoms with van der Waals surface area (Å²) in [6.45, 7) is 6.96. The molecule has 0 amide bonds. The van der Waals surface area contributed by atoms with E-state index in [9.17, 15) is 5.11 Å². The second-order valence-electron chi connectivity index (χ2n) is 3.70. The Hall–Kier alpha value is -0.860. The van der Waals surface area contributed by atoms with Gasteiger partial charge in [-0.15, -0.1) is 0 Å². The van der Waals surface area contributed by atoms with Gasteiger partial charge < -0.3 is 10.4 Å². The molecule has 2 atom stereocenters. The molecule has 0 spiro atoms. The van der Waals surface area contributed by atoms with Gasteiger partial charge in [0.05, 0.1) is 6.10 Å². The lowest BCUT2D eigenvalue weighted by Gasteiger charge is -2.19. The van der Waals surface area contributed by atoms with Crippen molar-refractivity contribution in [1.29, 1.82) is 0 Å². The molecule has 1 rings (SSSR count). The van der Waals surface area contributed by atoms with Gasteiger partial charge in [0, 0.05) is 6.04 Å². The largest absolute Gasteiger partial charge is 0.387 e. The summed E-state index contributed by atoms with van der Waals surface area (Å²) < 4.78 is 0. The van der Waals surface area contributed by atoms with E-state index >= 15 is 0 Å². The van der Waals surface area contributed by atoms with Crippen molar-refractivity contribution in [3.63, 3.8) is 0 Å². The lowest BCUT2D eigenvalue weighted by atomic mass is 10.0. The van der Waals surface area contributed by atoms with Crippen LogP contribution < -0.4 is 5.32 Å². The van der Waals surface area contributed by atoms with Crippen LogP contribution in [0.5, 0.6) is 0 Å². The van der Waals surface area contributed by atoms with E-state index in [4.69, 9.17) is 0 Å². The van der Waals surface area contributed by atoms with Crippen molar-refractivity contribution in [2.24, 2.45) is 0 Å². The fraction of sp³-hybridized carbons (Fsp3) is 0.500. The van der Waals surface area contributed by atoms with Crippen molar-refractivity contribution in [3.05, 3.63) is 35.4 Å². The van der Waals surface area contributed by atoms with Gasteiger partial charge in [-0.25, -0.2) is 0 Å². The maximum atomic E-state index is 9.95. The number of benzene rings is 1. The third-order valence-electron chi connectivity index (χ3n) is 2.42. The van der Waals surface area contributed by atoms with Gasteiger partial charge >= 0.3 is 0 Å². The van der Waals surface area contributed by atoms with E-state index in [0.717, 1.165) is 12.1 Å². The first kappa shape index (κ1) is 11.2. The second kappa shape index (κ2) is 5.13. The first-order valence-corrected chi connectivity index (χ1v) is 5.13. The quantitative estimate of drug-likeness (QED) is 0.767. The number of likely N-dealkylation sites (N-methyl/N-ethyl adjacent to an activating group) is 1. The first-order chi connectivity index (χ1) is 6.65. The third-order valence-corrected chi connectivity index (χ3v) is 2.42. The Morgan fingerprint density at radius 3 is 2.36 bits per heavy atom. The highest BCUT2D eigenvalue weighted by Crippen LogP contribution is 2.16. The molecule has 0 aliphatic carbocycles. The summed E-state index contributed by atoms with van der Waals surface area (Å²) in [6.07, 6.45) is -0.421. The van der Waals surface area contributed by atoms with E-state index in [2.05, 4.69) is 5.32 Å². The van der Waals surface area contributed by atoms with Crippen molar-refractivity contribution in [3.8, 4) is 0 Å². The molecule has 2 N–H and O–H groups in total. The summed E-state index contributed by atoms with van der Waals surface area (Å²) in [5, 5.41) is 13.2. The molecule has 2 heteroatoms. The Morgan fingerprint density at radius 2 is 1.86 bits per heavy atom. The maximum Gasteiger partial charge on any atom is 0.0940 e. The average Bonchev–Trinajstić information content (AvgIpc) is 2.18. The number of aryl methyl sites for hydroxylation is 1. The molecule has 1 unspecified atom stereocenters. The highest BCUT2D eigenvalue weighted by Gasteiger charge is 2.14. The fourth-order valence-electron chi connectivity index (χ4n) is 1.49. The standard InChI is InChI=1S/C12H19NO/c1-4-13-10(3)12(14)11-7-5-9(2)6-8-11/h5-8,10,12-14H,4H2,1-3H3/t10?,12-/m1/s1. The molecule has 78 valence electrons. The molecule has 0 fully saturated rings. The van der Waals surface area contributed by atoms with Crippen molar-refractivity contribution < 1.29 is 5.11 Å². The minimum absolute atomic E-state index is 0.0997. The zero-order chi connectivity index (χ0) is 10.6. The van der Waals surface area contributed by atoms with E-state index in [0.29, 0.717) is 0 Å². The van der Waals surface area contributed by atoms with Crippen LogP contribution in [0.3, 0.4) is 0 Å². The van der Waals surface area contributed by atoms with Crippen LogP contribution in [0, 0.1) is 6.92 Å². The zero-order valence-electron chi connectivity index (χ0n) is 9.12. The van der Waals surface area contributed by atoms with Crippen molar-refractivity contribution in [1.82, 2.24) is 5.32 Å². The van der Waals surface area contributed by atoms with Crippen molar-refractivity contribution in [2.45, 2.75) is 32.9 Å². The summed E-state index contributed by atoms with van der Waals surface area (Å²) in [6, 6.07) is 8.11. The molecule has 0 aliphatic rings. The van der Waals surface area contributed by atoms with Gasteiger partial charge in [-0.1, -0.05) is 36.8 Å². The minimum Gasteiger partial charge on any atom is -0.387 e. The number of hydrogen-bond acceptors (Lipinski definition) is 2. The zero-order valence-corrected chi connectivity index (χ0v) is 9.12. The van der Waals surface area contributed by atoms with E-state index in [-0.39, 0.29) is 6.04 Å². The highest BCUT2D eigenvalue weighted by molar-refractivity contribution is 5.23. The Morgan fingerprint density at radius 1 is 1.29 bits per heavy atom. The summed E-state index contributed by atoms with van der Waals surface area (Å²) in [5.41, 5.74) is 2.20. The van der Waals surface area contributed by atoms with Crippen molar-refractivity contribution >= 4 is 0 Å². The van der Waals surface area contributed by atoms with Crippen molar-refractivity contribution in [2.75, 3.05) is 6.54 Å². The second-order valence-corrected chi connectivity index (χ2v) is 3.70. The number of rotatable bonds is 4. The monoisotopic (exact) mass is 193 g/mol. The minimum atomic E-state index is -0.421. The number of aliphatic hydroxyl groups excluding tert-OH is 1. The lowest BCUT2D eigenvalue weighted by molar-refractivity contribution is 0.137. The van der Waals surface area contributed by atoms with Crippen LogP contribution in [0.1, 0.15) is 31.1 Å². The predicted octanol–water partition coefficient (Wildman–Crippen LogP) is 2.03. The van der Waals surface area contributed by atoms with Crippen LogP contribution in [0.2, 0.25) is 0 Å². The van der Waals surface area contributed by atoms with E-state index in [1.165, 1.54) is 5.56 Å². The third kappa shape index (κ3) is 2.82. The average molecular weight is 193 g/mol. The fourth-order valence-corrected chi connectivity index (χ4v) is 1.49. The normalized spacial score (nSPS) is 15.1. The lowest BCUT2D eigenvalue weighted by Crippen LogP contribution is -2.31. The molecular formula is C12H19NO. The molecule has 0 saturated heterocycles. The Balaban J connectivity index is 2.68. The molecule has 0 saturated carbocycles. The van der Waals surface area contributed by atoms with Gasteiger partial charge in [-0.2, -0.15) is 0 Å². The molecular weight excluding hydrogens is 174 g/mol. The van der Waals surface area contributed by atoms with Gasteiger partial charge in [0.1, 0.15) is 0 Å². The summed E-state index contributed by atoms with van der Waals surface area (Å²) in [5.74, 6) is 0. The maximum absolute atomic E-state index is 9.95. The SMILES string of the molecule is CCNC(C)[C@@H](O)c1ccc(C)cc1. The number of hydrogen-bond donors (Lipinski definition) is 2. The molecule has 14 heavy (non-hydrogen) atoms. The number of aliphatic hydroxyl groups is 1. The Kier molecular flexibility index (Phi) is 4.11. The molecule has 1 aromatic rings. The van der Waals surface area contributed by atoms with Gasteiger partial charge in [0.25, 0.3) is 0 Å². The molecule has 2 nitrogen and oxygen atoms in total. The highest BCUT2D eigenvalue weighted by atomic mass is 16.3. The summed E-state index contributed by atoms with van der Waals surface area (Å²) in [4.78, 5) is 0. The van der Waals surface area contributed by atoms with Crippen LogP contribution in [-0.4, -0.2) is 17.7 Å². The first-order valence-electron chi connectivity index (χ1n) is 5.13. The topological polar surface area (TPSA) is 32.3 Å². The van der Waals surface area contributed by atoms with Crippen LogP contribution in [0.4, 0.5) is 0 Å². The van der Waals surface area contributed by atoms with Crippen LogP contribution in [-0.2, 0) is 0 Å². The predicted molar refractivity (Wildman–Crippen MR) is 59.3 cm³/mol. The van der Waals surface area contributed by atoms with Gasteiger partial charge in [0.15, 0.2) is 0 Å². The smallest absolute Gasteiger partial charge is 0.0940 e. The van der Waals surface area contributed by atoms with Crippen LogP contribution in [0.15, 0.2) is 24.3 Å². The Bertz CT molecular complexity index is 268. The van der Waals surface area contributed by atoms with E-state index in [1.807, 2.05) is 45.0 Å². The molecule has 0 bridgehead atoms. The summed E-state index contributed by atoms with van der Waals surface area (Å²) >= 11 is 0. The number of nitrogens with one attached hydrogen (secondary N) is 1. The van der Waals surface area contributed by atoms with Crippen LogP contribution >= 0.6 is 0 Å². The van der Waals surface area contributed by atoms with E-state index < -0.39 is 6.10 Å². The Labute approximate surface area is 86.0 Å². The van der Waals surface area contributed by atoms with Gasteiger partial charge in [-0.05, 0) is 26.0 Å². The molecule has 0 heterocycles. The van der Waals surface area contributed by atoms with Gasteiger partial charge in [-0.3, -0.25) is 0 Å². The van der Waals surface area contributed by atoms with Crippen LogP contribution in [0.25, 0.3) is 0 Å².